The average molecular weight is 218 g/mol. The minimum atomic E-state index is 0.0439. The third-order valence-electron chi connectivity index (χ3n) is 3.09. The van der Waals surface area contributed by atoms with Crippen molar-refractivity contribution in [3.63, 3.8) is 0 Å². The van der Waals surface area contributed by atoms with Gasteiger partial charge in [0.25, 0.3) is 0 Å². The van der Waals surface area contributed by atoms with Crippen molar-refractivity contribution in [2.75, 3.05) is 25.5 Å². The number of nitrogens with zero attached hydrogens (tertiary/aromatic N) is 2. The van der Waals surface area contributed by atoms with Crippen molar-refractivity contribution < 1.29 is 4.79 Å². The first kappa shape index (κ1) is 11.0. The van der Waals surface area contributed by atoms with Crippen LogP contribution in [0.1, 0.15) is 19.4 Å². The van der Waals surface area contributed by atoms with Gasteiger partial charge in [-0.2, -0.15) is 0 Å². The average Bonchev–Trinajstić information content (AvgIpc) is 2.51. The lowest BCUT2D eigenvalue weighted by molar-refractivity contribution is 0.223. The third-order valence-corrected chi connectivity index (χ3v) is 3.09. The highest BCUT2D eigenvalue weighted by Crippen LogP contribution is 2.40. The van der Waals surface area contributed by atoms with Crippen molar-refractivity contribution >= 4 is 11.7 Å². The zero-order chi connectivity index (χ0) is 11.9. The summed E-state index contributed by atoms with van der Waals surface area (Å²) in [5.41, 5.74) is 2.35. The maximum absolute atomic E-state index is 12.0. The summed E-state index contributed by atoms with van der Waals surface area (Å²) in [6.45, 7) is 5.10. The number of para-hydroxylation sites is 1. The monoisotopic (exact) mass is 218 g/mol. The Kier molecular flexibility index (Phi) is 2.41. The fourth-order valence-corrected chi connectivity index (χ4v) is 2.26. The van der Waals surface area contributed by atoms with Crippen LogP contribution >= 0.6 is 0 Å². The van der Waals surface area contributed by atoms with E-state index in [-0.39, 0.29) is 11.4 Å². The highest BCUT2D eigenvalue weighted by Gasteiger charge is 2.37. The smallest absolute Gasteiger partial charge is 0.323 e. The number of rotatable bonds is 0. The van der Waals surface area contributed by atoms with Crippen LogP contribution in [0.2, 0.25) is 0 Å². The quantitative estimate of drug-likeness (QED) is 0.656. The van der Waals surface area contributed by atoms with E-state index in [9.17, 15) is 4.79 Å². The summed E-state index contributed by atoms with van der Waals surface area (Å²) in [5, 5.41) is 0. The summed E-state index contributed by atoms with van der Waals surface area (Å²) in [5.74, 6) is 0. The lowest BCUT2D eigenvalue weighted by Gasteiger charge is -2.23. The first-order valence-electron chi connectivity index (χ1n) is 5.52. The molecule has 16 heavy (non-hydrogen) atoms. The predicted octanol–water partition coefficient (Wildman–Crippen LogP) is 2.47. The van der Waals surface area contributed by atoms with Gasteiger partial charge in [0.1, 0.15) is 0 Å². The number of carbonyl (C=O) groups is 1. The molecule has 1 aromatic rings. The molecule has 1 aromatic carbocycles. The van der Waals surface area contributed by atoms with Crippen molar-refractivity contribution in [3.8, 4) is 0 Å². The number of carbonyl (C=O) groups excluding carboxylic acids is 1. The van der Waals surface area contributed by atoms with E-state index < -0.39 is 0 Å². The van der Waals surface area contributed by atoms with Gasteiger partial charge < -0.3 is 4.90 Å². The molecular formula is C13H18N2O. The molecule has 1 aliphatic rings. The minimum absolute atomic E-state index is 0.0439. The molecule has 0 unspecified atom stereocenters. The number of benzene rings is 1. The minimum Gasteiger partial charge on any atom is -0.330 e. The Labute approximate surface area is 96.7 Å². The Morgan fingerprint density at radius 3 is 2.56 bits per heavy atom. The molecule has 86 valence electrons. The van der Waals surface area contributed by atoms with Gasteiger partial charge in [0.2, 0.25) is 0 Å². The molecule has 3 nitrogen and oxygen atoms in total. The van der Waals surface area contributed by atoms with E-state index in [1.165, 1.54) is 5.56 Å². The Morgan fingerprint density at radius 1 is 1.31 bits per heavy atom. The predicted molar refractivity (Wildman–Crippen MR) is 65.9 cm³/mol. The SMILES string of the molecule is CN(C)C(=O)N1CC(C)(C)c2ccccc21. The molecule has 2 amide bonds. The van der Waals surface area contributed by atoms with E-state index in [1.54, 1.807) is 19.0 Å². The van der Waals surface area contributed by atoms with Crippen molar-refractivity contribution in [1.82, 2.24) is 4.90 Å². The molecule has 2 rings (SSSR count). The third kappa shape index (κ3) is 1.56. The molecule has 0 fully saturated rings. The maximum atomic E-state index is 12.0. The summed E-state index contributed by atoms with van der Waals surface area (Å²) < 4.78 is 0. The largest absolute Gasteiger partial charge is 0.330 e. The van der Waals surface area contributed by atoms with Crippen LogP contribution in [0, 0.1) is 0 Å². The molecule has 1 aliphatic heterocycles. The first-order valence-corrected chi connectivity index (χ1v) is 5.52. The molecule has 0 saturated heterocycles. The van der Waals surface area contributed by atoms with Gasteiger partial charge in [-0.15, -0.1) is 0 Å². The molecule has 1 heterocycles. The van der Waals surface area contributed by atoms with Gasteiger partial charge in [-0.1, -0.05) is 32.0 Å². The highest BCUT2D eigenvalue weighted by molar-refractivity contribution is 5.94. The van der Waals surface area contributed by atoms with Gasteiger partial charge in [0.15, 0.2) is 0 Å². The number of anilines is 1. The molecule has 0 saturated carbocycles. The summed E-state index contributed by atoms with van der Waals surface area (Å²) in [6.07, 6.45) is 0. The molecule has 0 radical (unpaired) electrons. The number of hydrogen-bond acceptors (Lipinski definition) is 1. The lowest BCUT2D eigenvalue weighted by Crippen LogP contribution is -2.40. The normalized spacial score (nSPS) is 17.1. The van der Waals surface area contributed by atoms with Crippen LogP contribution in [0.3, 0.4) is 0 Å². The Bertz CT molecular complexity index is 424. The Balaban J connectivity index is 2.44. The zero-order valence-electron chi connectivity index (χ0n) is 10.3. The molecule has 0 aromatic heterocycles. The van der Waals surface area contributed by atoms with Crippen LogP contribution in [0.15, 0.2) is 24.3 Å². The standard InChI is InChI=1S/C13H18N2O/c1-13(2)9-15(12(16)14(3)4)11-8-6-5-7-10(11)13/h5-8H,9H2,1-4H3. The maximum Gasteiger partial charge on any atom is 0.323 e. The van der Waals surface area contributed by atoms with E-state index in [2.05, 4.69) is 19.9 Å². The molecule has 0 atom stereocenters. The number of urea groups is 1. The van der Waals surface area contributed by atoms with Crippen molar-refractivity contribution in [3.05, 3.63) is 29.8 Å². The van der Waals surface area contributed by atoms with Crippen molar-refractivity contribution in [1.29, 1.82) is 0 Å². The van der Waals surface area contributed by atoms with Crippen LogP contribution in [0.25, 0.3) is 0 Å². The van der Waals surface area contributed by atoms with E-state index in [1.807, 2.05) is 23.1 Å². The van der Waals surface area contributed by atoms with Gasteiger partial charge in [0, 0.05) is 31.7 Å². The van der Waals surface area contributed by atoms with Crippen molar-refractivity contribution in [2.45, 2.75) is 19.3 Å². The van der Waals surface area contributed by atoms with Crippen LogP contribution in [-0.4, -0.2) is 31.6 Å². The lowest BCUT2D eigenvalue weighted by atomic mass is 9.87. The summed E-state index contributed by atoms with van der Waals surface area (Å²) in [7, 11) is 3.58. The van der Waals surface area contributed by atoms with Gasteiger partial charge in [-0.3, -0.25) is 4.90 Å². The van der Waals surface area contributed by atoms with Gasteiger partial charge in [-0.05, 0) is 11.6 Å². The van der Waals surface area contributed by atoms with Crippen LogP contribution < -0.4 is 4.90 Å². The number of hydrogen-bond donors (Lipinski definition) is 0. The molecular weight excluding hydrogens is 200 g/mol. The molecule has 0 aliphatic carbocycles. The Morgan fingerprint density at radius 2 is 1.94 bits per heavy atom. The second-order valence-electron chi connectivity index (χ2n) is 5.16. The van der Waals surface area contributed by atoms with Crippen LogP contribution in [-0.2, 0) is 5.41 Å². The topological polar surface area (TPSA) is 23.6 Å². The first-order chi connectivity index (χ1) is 7.43. The summed E-state index contributed by atoms with van der Waals surface area (Å²) in [6, 6.07) is 8.20. The fraction of sp³-hybridized carbons (Fsp3) is 0.462. The summed E-state index contributed by atoms with van der Waals surface area (Å²) in [4.78, 5) is 15.5. The van der Waals surface area contributed by atoms with Gasteiger partial charge in [0.05, 0.1) is 0 Å². The Hall–Kier alpha value is -1.51. The number of amides is 2. The number of fused-ring (bicyclic) bond motifs is 1. The van der Waals surface area contributed by atoms with Crippen LogP contribution in [0.5, 0.6) is 0 Å². The molecule has 0 N–H and O–H groups in total. The van der Waals surface area contributed by atoms with Gasteiger partial charge in [-0.25, -0.2) is 4.79 Å². The summed E-state index contributed by atoms with van der Waals surface area (Å²) >= 11 is 0. The molecule has 3 heteroatoms. The van der Waals surface area contributed by atoms with E-state index in [4.69, 9.17) is 0 Å². The van der Waals surface area contributed by atoms with E-state index in [0.717, 1.165) is 12.2 Å². The molecule has 0 spiro atoms. The fourth-order valence-electron chi connectivity index (χ4n) is 2.26. The van der Waals surface area contributed by atoms with Crippen molar-refractivity contribution in [2.24, 2.45) is 0 Å². The van der Waals surface area contributed by atoms with Crippen LogP contribution in [0.4, 0.5) is 10.5 Å². The second-order valence-corrected chi connectivity index (χ2v) is 5.16. The van der Waals surface area contributed by atoms with E-state index in [0.29, 0.717) is 0 Å². The van der Waals surface area contributed by atoms with Gasteiger partial charge >= 0.3 is 6.03 Å². The van der Waals surface area contributed by atoms with E-state index >= 15 is 0 Å². The zero-order valence-corrected chi connectivity index (χ0v) is 10.3. The second kappa shape index (κ2) is 3.51. The molecule has 0 bridgehead atoms. The highest BCUT2D eigenvalue weighted by atomic mass is 16.2.